The second-order valence-electron chi connectivity index (χ2n) is 4.70. The third-order valence-electron chi connectivity index (χ3n) is 3.26. The first-order valence-corrected chi connectivity index (χ1v) is 7.52. The number of thioether (sulfide) groups is 1. The molecular weight excluding hydrogens is 228 g/mol. The summed E-state index contributed by atoms with van der Waals surface area (Å²) in [7, 11) is 0. The van der Waals surface area contributed by atoms with E-state index < -0.39 is 0 Å². The fourth-order valence-electron chi connectivity index (χ4n) is 2.45. The van der Waals surface area contributed by atoms with Crippen molar-refractivity contribution >= 4 is 17.4 Å². The minimum absolute atomic E-state index is 0.382. The highest BCUT2D eigenvalue weighted by atomic mass is 32.2. The summed E-state index contributed by atoms with van der Waals surface area (Å²) in [4.78, 5) is 1.36. The van der Waals surface area contributed by atoms with Crippen molar-refractivity contribution in [1.29, 1.82) is 0 Å². The van der Waals surface area contributed by atoms with Gasteiger partial charge in [0.05, 0.1) is 0 Å². The van der Waals surface area contributed by atoms with E-state index >= 15 is 0 Å². The zero-order valence-electron chi connectivity index (χ0n) is 10.5. The summed E-state index contributed by atoms with van der Waals surface area (Å²) >= 11 is 1.90. The predicted molar refractivity (Wildman–Crippen MR) is 76.7 cm³/mol. The Morgan fingerprint density at radius 1 is 1.35 bits per heavy atom. The van der Waals surface area contributed by atoms with Crippen molar-refractivity contribution in [2.45, 2.75) is 49.6 Å². The van der Waals surface area contributed by atoms with Crippen molar-refractivity contribution in [3.63, 3.8) is 0 Å². The first-order valence-electron chi connectivity index (χ1n) is 6.53. The minimum Gasteiger partial charge on any atom is -0.381 e. The van der Waals surface area contributed by atoms with E-state index in [0.29, 0.717) is 12.1 Å². The molecule has 1 aromatic carbocycles. The molecule has 3 heteroatoms. The van der Waals surface area contributed by atoms with Crippen LogP contribution >= 0.6 is 11.8 Å². The maximum Gasteiger partial charge on any atom is 0.0480 e. The Labute approximate surface area is 108 Å². The first kappa shape index (κ1) is 12.8. The molecule has 17 heavy (non-hydrogen) atoms. The van der Waals surface area contributed by atoms with Crippen molar-refractivity contribution in [1.82, 2.24) is 0 Å². The predicted octanol–water partition coefficient (Wildman–Crippen LogP) is 3.48. The molecule has 3 N–H and O–H groups in total. The van der Waals surface area contributed by atoms with Crippen molar-refractivity contribution in [3.05, 3.63) is 24.3 Å². The molecule has 0 amide bonds. The van der Waals surface area contributed by atoms with Gasteiger partial charge in [0.25, 0.3) is 0 Å². The SMILES string of the molecule is CCSc1ccccc1NC1CCCC(N)C1. The first-order chi connectivity index (χ1) is 8.29. The van der Waals surface area contributed by atoms with E-state index in [9.17, 15) is 0 Å². The molecule has 0 aromatic heterocycles. The fourth-order valence-corrected chi connectivity index (χ4v) is 3.21. The van der Waals surface area contributed by atoms with Gasteiger partial charge < -0.3 is 11.1 Å². The van der Waals surface area contributed by atoms with Crippen LogP contribution in [0.2, 0.25) is 0 Å². The van der Waals surface area contributed by atoms with Crippen LogP contribution in [0.15, 0.2) is 29.2 Å². The maximum atomic E-state index is 6.03. The molecule has 2 atom stereocenters. The van der Waals surface area contributed by atoms with Gasteiger partial charge in [0.1, 0.15) is 0 Å². The zero-order chi connectivity index (χ0) is 12.1. The molecule has 0 heterocycles. The lowest BCUT2D eigenvalue weighted by molar-refractivity contribution is 0.409. The molecule has 1 fully saturated rings. The summed E-state index contributed by atoms with van der Waals surface area (Å²) in [5, 5.41) is 3.66. The molecule has 0 radical (unpaired) electrons. The fraction of sp³-hybridized carbons (Fsp3) is 0.571. The van der Waals surface area contributed by atoms with Gasteiger partial charge in [0.15, 0.2) is 0 Å². The number of anilines is 1. The third kappa shape index (κ3) is 3.65. The lowest BCUT2D eigenvalue weighted by atomic mass is 9.91. The summed E-state index contributed by atoms with van der Waals surface area (Å²) in [5.74, 6) is 1.11. The van der Waals surface area contributed by atoms with Crippen molar-refractivity contribution in [3.8, 4) is 0 Å². The number of para-hydroxylation sites is 1. The maximum absolute atomic E-state index is 6.03. The summed E-state index contributed by atoms with van der Waals surface area (Å²) in [5.41, 5.74) is 7.31. The van der Waals surface area contributed by atoms with Crippen LogP contribution < -0.4 is 11.1 Å². The molecule has 2 unspecified atom stereocenters. The number of nitrogens with one attached hydrogen (secondary N) is 1. The van der Waals surface area contributed by atoms with Gasteiger partial charge in [-0.15, -0.1) is 11.8 Å². The van der Waals surface area contributed by atoms with Crippen LogP contribution in [0.4, 0.5) is 5.69 Å². The lowest BCUT2D eigenvalue weighted by Gasteiger charge is -2.28. The number of rotatable bonds is 4. The molecule has 2 rings (SSSR count). The molecule has 1 aromatic rings. The average molecular weight is 250 g/mol. The molecule has 1 saturated carbocycles. The van der Waals surface area contributed by atoms with Gasteiger partial charge in [-0.3, -0.25) is 0 Å². The van der Waals surface area contributed by atoms with Gasteiger partial charge in [0.2, 0.25) is 0 Å². The molecule has 2 nitrogen and oxygen atoms in total. The van der Waals surface area contributed by atoms with E-state index in [1.165, 1.54) is 29.8 Å². The number of hydrogen-bond acceptors (Lipinski definition) is 3. The Morgan fingerprint density at radius 2 is 2.18 bits per heavy atom. The van der Waals surface area contributed by atoms with Crippen LogP contribution in [0, 0.1) is 0 Å². The highest BCUT2D eigenvalue weighted by Crippen LogP contribution is 2.29. The monoisotopic (exact) mass is 250 g/mol. The van der Waals surface area contributed by atoms with E-state index in [1.54, 1.807) is 0 Å². The van der Waals surface area contributed by atoms with Gasteiger partial charge >= 0.3 is 0 Å². The summed E-state index contributed by atoms with van der Waals surface area (Å²) in [6, 6.07) is 9.52. The Kier molecular flexibility index (Phi) is 4.75. The van der Waals surface area contributed by atoms with Crippen LogP contribution in [-0.2, 0) is 0 Å². The summed E-state index contributed by atoms with van der Waals surface area (Å²) < 4.78 is 0. The average Bonchev–Trinajstić information content (AvgIpc) is 2.32. The lowest BCUT2D eigenvalue weighted by Crippen LogP contribution is -2.34. The highest BCUT2D eigenvalue weighted by Gasteiger charge is 2.19. The molecule has 0 spiro atoms. The van der Waals surface area contributed by atoms with E-state index in [2.05, 4.69) is 36.5 Å². The Bertz CT molecular complexity index is 354. The Morgan fingerprint density at radius 3 is 2.94 bits per heavy atom. The second kappa shape index (κ2) is 6.31. The molecule has 0 aliphatic heterocycles. The third-order valence-corrected chi connectivity index (χ3v) is 4.22. The van der Waals surface area contributed by atoms with E-state index in [-0.39, 0.29) is 0 Å². The molecule has 0 bridgehead atoms. The van der Waals surface area contributed by atoms with Gasteiger partial charge in [0, 0.05) is 22.7 Å². The Balaban J connectivity index is 2.01. The van der Waals surface area contributed by atoms with Crippen molar-refractivity contribution in [2.75, 3.05) is 11.1 Å². The van der Waals surface area contributed by atoms with Crippen LogP contribution in [-0.4, -0.2) is 17.8 Å². The smallest absolute Gasteiger partial charge is 0.0480 e. The summed E-state index contributed by atoms with van der Waals surface area (Å²) in [6.45, 7) is 2.19. The Hall–Kier alpha value is -0.670. The topological polar surface area (TPSA) is 38.0 Å². The zero-order valence-corrected chi connectivity index (χ0v) is 11.3. The van der Waals surface area contributed by atoms with E-state index in [0.717, 1.165) is 12.2 Å². The number of nitrogens with two attached hydrogens (primary N) is 1. The second-order valence-corrected chi connectivity index (χ2v) is 6.00. The molecule has 1 aliphatic rings. The van der Waals surface area contributed by atoms with Crippen LogP contribution in [0.1, 0.15) is 32.6 Å². The van der Waals surface area contributed by atoms with Crippen LogP contribution in [0.25, 0.3) is 0 Å². The molecule has 94 valence electrons. The number of hydrogen-bond donors (Lipinski definition) is 2. The molecular formula is C14H22N2S. The van der Waals surface area contributed by atoms with Gasteiger partial charge in [-0.2, -0.15) is 0 Å². The standard InChI is InChI=1S/C14H22N2S/c1-2-17-14-9-4-3-8-13(14)16-12-7-5-6-11(15)10-12/h3-4,8-9,11-12,16H,2,5-7,10,15H2,1H3. The molecule has 0 saturated heterocycles. The summed E-state index contributed by atoms with van der Waals surface area (Å²) in [6.07, 6.45) is 4.79. The van der Waals surface area contributed by atoms with E-state index in [4.69, 9.17) is 5.73 Å². The van der Waals surface area contributed by atoms with E-state index in [1.807, 2.05) is 11.8 Å². The van der Waals surface area contributed by atoms with Crippen molar-refractivity contribution in [2.24, 2.45) is 5.73 Å². The van der Waals surface area contributed by atoms with Crippen molar-refractivity contribution < 1.29 is 0 Å². The van der Waals surface area contributed by atoms with Crippen LogP contribution in [0.3, 0.4) is 0 Å². The quantitative estimate of drug-likeness (QED) is 0.803. The van der Waals surface area contributed by atoms with Gasteiger partial charge in [-0.1, -0.05) is 19.1 Å². The minimum atomic E-state index is 0.382. The largest absolute Gasteiger partial charge is 0.381 e. The highest BCUT2D eigenvalue weighted by molar-refractivity contribution is 7.99. The van der Waals surface area contributed by atoms with Crippen LogP contribution in [0.5, 0.6) is 0 Å². The van der Waals surface area contributed by atoms with Gasteiger partial charge in [-0.05, 0) is 43.6 Å². The van der Waals surface area contributed by atoms with Gasteiger partial charge in [-0.25, -0.2) is 0 Å². The number of benzene rings is 1. The normalized spacial score (nSPS) is 24.6. The molecule has 1 aliphatic carbocycles.